The molecule has 0 aliphatic rings. The summed E-state index contributed by atoms with van der Waals surface area (Å²) in [6.07, 6.45) is 0. The van der Waals surface area contributed by atoms with E-state index in [-0.39, 0.29) is 0 Å². The summed E-state index contributed by atoms with van der Waals surface area (Å²) >= 11 is 1.19. The molecule has 2 rings (SSSR count). The van der Waals surface area contributed by atoms with Gasteiger partial charge in [-0.2, -0.15) is 9.36 Å². The smallest absolute Gasteiger partial charge is 0.200 e. The summed E-state index contributed by atoms with van der Waals surface area (Å²) in [5.41, 5.74) is 8.42. The molecule has 2 N–H and O–H groups in total. The molecule has 2 aromatic heterocycles. The Kier molecular flexibility index (Phi) is 2.17. The quantitative estimate of drug-likeness (QED) is 0.772. The number of nitrogens with zero attached hydrogens (tertiary/aromatic N) is 3. The van der Waals surface area contributed by atoms with Gasteiger partial charge in [0, 0.05) is 17.2 Å². The van der Waals surface area contributed by atoms with Crippen molar-refractivity contribution in [3.63, 3.8) is 0 Å². The molecule has 2 heterocycles. The Morgan fingerprint density at radius 3 is 2.57 bits per heavy atom. The lowest BCUT2D eigenvalue weighted by atomic mass is 10.2. The average molecular weight is 206 g/mol. The third kappa shape index (κ3) is 1.72. The van der Waals surface area contributed by atoms with Gasteiger partial charge in [-0.3, -0.25) is 0 Å². The second-order valence-electron chi connectivity index (χ2n) is 3.13. The van der Waals surface area contributed by atoms with Gasteiger partial charge in [-0.1, -0.05) is 0 Å². The Morgan fingerprint density at radius 1 is 1.21 bits per heavy atom. The molecule has 0 spiro atoms. The predicted octanol–water partition coefficient (Wildman–Crippen LogP) is 1.80. The van der Waals surface area contributed by atoms with Gasteiger partial charge in [-0.05, 0) is 31.5 Å². The van der Waals surface area contributed by atoms with Crippen LogP contribution < -0.4 is 5.73 Å². The number of rotatable bonds is 1. The largest absolute Gasteiger partial charge is 0.374 e. The summed E-state index contributed by atoms with van der Waals surface area (Å²) in [4.78, 5) is 8.43. The van der Waals surface area contributed by atoms with E-state index in [2.05, 4.69) is 14.3 Å². The molecule has 0 saturated carbocycles. The van der Waals surface area contributed by atoms with Gasteiger partial charge in [-0.25, -0.2) is 4.98 Å². The van der Waals surface area contributed by atoms with Crippen LogP contribution in [0.5, 0.6) is 0 Å². The predicted molar refractivity (Wildman–Crippen MR) is 57.0 cm³/mol. The number of hydrogen-bond acceptors (Lipinski definition) is 5. The Hall–Kier alpha value is -1.49. The molecule has 0 bridgehead atoms. The molecule has 0 atom stereocenters. The molecule has 0 aliphatic heterocycles. The van der Waals surface area contributed by atoms with E-state index in [1.807, 2.05) is 26.0 Å². The Bertz CT molecular complexity index is 443. The van der Waals surface area contributed by atoms with Gasteiger partial charge < -0.3 is 5.73 Å². The maximum atomic E-state index is 5.51. The lowest BCUT2D eigenvalue weighted by Crippen LogP contribution is -1.91. The van der Waals surface area contributed by atoms with Crippen LogP contribution in [0.4, 0.5) is 5.13 Å². The zero-order chi connectivity index (χ0) is 10.1. The summed E-state index contributed by atoms with van der Waals surface area (Å²) in [5, 5.41) is 0.473. The lowest BCUT2D eigenvalue weighted by Gasteiger charge is -1.99. The summed E-state index contributed by atoms with van der Waals surface area (Å²) in [7, 11) is 0. The van der Waals surface area contributed by atoms with E-state index in [1.54, 1.807) is 0 Å². The van der Waals surface area contributed by atoms with Crippen LogP contribution in [-0.4, -0.2) is 14.3 Å². The van der Waals surface area contributed by atoms with E-state index in [4.69, 9.17) is 5.73 Å². The van der Waals surface area contributed by atoms with Crippen molar-refractivity contribution >= 4 is 16.7 Å². The molecule has 4 nitrogen and oxygen atoms in total. The second-order valence-corrected chi connectivity index (χ2v) is 3.91. The van der Waals surface area contributed by atoms with Crippen LogP contribution in [0.2, 0.25) is 0 Å². The molecule has 0 fully saturated rings. The minimum absolute atomic E-state index is 0.473. The number of nitrogen functional groups attached to an aromatic ring is 1. The number of aryl methyl sites for hydroxylation is 2. The zero-order valence-corrected chi connectivity index (χ0v) is 8.80. The van der Waals surface area contributed by atoms with Crippen LogP contribution in [0.15, 0.2) is 12.1 Å². The van der Waals surface area contributed by atoms with Gasteiger partial charge in [-0.15, -0.1) is 0 Å². The maximum absolute atomic E-state index is 5.51. The fraction of sp³-hybridized carbons (Fsp3) is 0.222. The molecular formula is C9H10N4S. The Balaban J connectivity index is 2.51. The summed E-state index contributed by atoms with van der Waals surface area (Å²) in [5.74, 6) is 0.610. The first-order valence-electron chi connectivity index (χ1n) is 4.20. The third-order valence-corrected chi connectivity index (χ3v) is 2.31. The van der Waals surface area contributed by atoms with Crippen molar-refractivity contribution in [2.75, 3.05) is 5.73 Å². The van der Waals surface area contributed by atoms with Gasteiger partial charge >= 0.3 is 0 Å². The van der Waals surface area contributed by atoms with Gasteiger partial charge in [0.05, 0.1) is 0 Å². The minimum Gasteiger partial charge on any atom is -0.374 e. The van der Waals surface area contributed by atoms with Crippen molar-refractivity contribution in [3.05, 3.63) is 23.4 Å². The minimum atomic E-state index is 0.473. The van der Waals surface area contributed by atoms with E-state index in [0.717, 1.165) is 17.0 Å². The number of hydrogen-bond donors (Lipinski definition) is 1. The lowest BCUT2D eigenvalue weighted by molar-refractivity contribution is 1.15. The first kappa shape index (κ1) is 9.08. The highest BCUT2D eigenvalue weighted by Gasteiger charge is 2.06. The zero-order valence-electron chi connectivity index (χ0n) is 7.98. The van der Waals surface area contributed by atoms with Crippen LogP contribution in [0.1, 0.15) is 11.3 Å². The Labute approximate surface area is 86.0 Å². The first-order valence-corrected chi connectivity index (χ1v) is 4.97. The van der Waals surface area contributed by atoms with Gasteiger partial charge in [0.15, 0.2) is 11.0 Å². The van der Waals surface area contributed by atoms with Gasteiger partial charge in [0.25, 0.3) is 0 Å². The number of anilines is 1. The molecule has 72 valence electrons. The third-order valence-electron chi connectivity index (χ3n) is 1.77. The molecule has 0 unspecified atom stereocenters. The highest BCUT2D eigenvalue weighted by atomic mass is 32.1. The van der Waals surface area contributed by atoms with E-state index in [1.165, 1.54) is 11.5 Å². The van der Waals surface area contributed by atoms with Crippen LogP contribution in [-0.2, 0) is 0 Å². The van der Waals surface area contributed by atoms with Crippen molar-refractivity contribution < 1.29 is 0 Å². The first-order chi connectivity index (χ1) is 6.65. The standard InChI is InChI=1S/C9H10N4S/c1-5-3-6(2)11-7(4-5)8-12-9(10)14-13-8/h3-4H,1-2H3,(H2,10,12,13). The molecule has 0 aromatic carbocycles. The van der Waals surface area contributed by atoms with Crippen LogP contribution in [0.3, 0.4) is 0 Å². The fourth-order valence-electron chi connectivity index (χ4n) is 1.30. The highest BCUT2D eigenvalue weighted by molar-refractivity contribution is 7.09. The topological polar surface area (TPSA) is 64.7 Å². The summed E-state index contributed by atoms with van der Waals surface area (Å²) in [6.45, 7) is 3.97. The van der Waals surface area contributed by atoms with Crippen molar-refractivity contribution in [1.29, 1.82) is 0 Å². The second kappa shape index (κ2) is 3.34. The van der Waals surface area contributed by atoms with Crippen LogP contribution >= 0.6 is 11.5 Å². The number of nitrogens with two attached hydrogens (primary N) is 1. The highest BCUT2D eigenvalue weighted by Crippen LogP contribution is 2.18. The fourth-order valence-corrected chi connectivity index (χ4v) is 1.74. The number of pyridine rings is 1. The molecule has 0 radical (unpaired) electrons. The van der Waals surface area contributed by atoms with Crippen molar-refractivity contribution in [3.8, 4) is 11.5 Å². The molecule has 14 heavy (non-hydrogen) atoms. The van der Waals surface area contributed by atoms with Crippen molar-refractivity contribution in [1.82, 2.24) is 14.3 Å². The summed E-state index contributed by atoms with van der Waals surface area (Å²) < 4.78 is 4.11. The van der Waals surface area contributed by atoms with Crippen LogP contribution in [0.25, 0.3) is 11.5 Å². The van der Waals surface area contributed by atoms with E-state index in [0.29, 0.717) is 11.0 Å². The number of aromatic nitrogens is 3. The molecule has 5 heteroatoms. The molecular weight excluding hydrogens is 196 g/mol. The van der Waals surface area contributed by atoms with Crippen LogP contribution in [0, 0.1) is 13.8 Å². The molecule has 0 aliphatic carbocycles. The summed E-state index contributed by atoms with van der Waals surface area (Å²) in [6, 6.07) is 3.97. The van der Waals surface area contributed by atoms with Gasteiger partial charge in [0.1, 0.15) is 5.69 Å². The maximum Gasteiger partial charge on any atom is 0.200 e. The Morgan fingerprint density at radius 2 is 2.00 bits per heavy atom. The van der Waals surface area contributed by atoms with Crippen molar-refractivity contribution in [2.45, 2.75) is 13.8 Å². The normalized spacial score (nSPS) is 10.4. The van der Waals surface area contributed by atoms with E-state index in [9.17, 15) is 0 Å². The SMILES string of the molecule is Cc1cc(C)nc(-c2nsc(N)n2)c1. The van der Waals surface area contributed by atoms with Crippen molar-refractivity contribution in [2.24, 2.45) is 0 Å². The monoisotopic (exact) mass is 206 g/mol. The molecule has 0 saturated heterocycles. The average Bonchev–Trinajstić information content (AvgIpc) is 2.50. The van der Waals surface area contributed by atoms with E-state index >= 15 is 0 Å². The van der Waals surface area contributed by atoms with E-state index < -0.39 is 0 Å². The molecule has 0 amide bonds. The molecule has 2 aromatic rings. The van der Waals surface area contributed by atoms with Gasteiger partial charge in [0.2, 0.25) is 0 Å².